The highest BCUT2D eigenvalue weighted by Gasteiger charge is 2.33. The summed E-state index contributed by atoms with van der Waals surface area (Å²) < 4.78 is 0. The van der Waals surface area contributed by atoms with Crippen LogP contribution in [0.2, 0.25) is 0 Å². The zero-order valence-corrected chi connectivity index (χ0v) is 9.52. The molecular formula is C11H15N3O3. The molecule has 0 bridgehead atoms. The second-order valence-corrected chi connectivity index (χ2v) is 4.31. The Labute approximate surface area is 99.2 Å². The van der Waals surface area contributed by atoms with Crippen LogP contribution in [-0.2, 0) is 9.59 Å². The normalized spacial score (nSPS) is 24.1. The van der Waals surface area contributed by atoms with Gasteiger partial charge in [-0.2, -0.15) is 0 Å². The van der Waals surface area contributed by atoms with Crippen molar-refractivity contribution >= 4 is 17.8 Å². The summed E-state index contributed by atoms with van der Waals surface area (Å²) in [7, 11) is 0. The van der Waals surface area contributed by atoms with Gasteiger partial charge in [0.2, 0.25) is 11.8 Å². The van der Waals surface area contributed by atoms with Crippen LogP contribution in [-0.4, -0.2) is 53.8 Å². The molecule has 4 amide bonds. The monoisotopic (exact) mass is 237 g/mol. The Kier molecular flexibility index (Phi) is 3.12. The first-order valence-electron chi connectivity index (χ1n) is 5.61. The fourth-order valence-electron chi connectivity index (χ4n) is 2.21. The van der Waals surface area contributed by atoms with Gasteiger partial charge in [-0.1, -0.05) is 6.58 Å². The molecule has 17 heavy (non-hydrogen) atoms. The van der Waals surface area contributed by atoms with Crippen LogP contribution in [0.25, 0.3) is 0 Å². The molecule has 2 fully saturated rings. The van der Waals surface area contributed by atoms with E-state index in [1.807, 2.05) is 0 Å². The Balaban J connectivity index is 1.89. The summed E-state index contributed by atoms with van der Waals surface area (Å²) in [6.45, 7) is 5.17. The van der Waals surface area contributed by atoms with E-state index in [-0.39, 0.29) is 30.3 Å². The molecule has 0 aliphatic carbocycles. The third-order valence-electron chi connectivity index (χ3n) is 3.15. The van der Waals surface area contributed by atoms with Gasteiger partial charge in [-0.05, 0) is 18.4 Å². The lowest BCUT2D eigenvalue weighted by atomic mass is 10.1. The topological polar surface area (TPSA) is 69.7 Å². The lowest BCUT2D eigenvalue weighted by molar-refractivity contribution is -0.125. The minimum atomic E-state index is -0.330. The maximum absolute atomic E-state index is 11.4. The molecule has 2 saturated heterocycles. The largest absolute Gasteiger partial charge is 0.339 e. The Morgan fingerprint density at radius 2 is 2.29 bits per heavy atom. The second-order valence-electron chi connectivity index (χ2n) is 4.31. The maximum atomic E-state index is 11.4. The van der Waals surface area contributed by atoms with Crippen molar-refractivity contribution in [1.82, 2.24) is 15.1 Å². The number of urea groups is 1. The number of hydrogen-bond donors (Lipinski definition) is 1. The van der Waals surface area contributed by atoms with Gasteiger partial charge in [0.25, 0.3) is 0 Å². The van der Waals surface area contributed by atoms with Crippen LogP contribution in [0, 0.1) is 5.92 Å². The van der Waals surface area contributed by atoms with Gasteiger partial charge in [0.1, 0.15) is 0 Å². The number of likely N-dealkylation sites (tertiary alicyclic amines) is 1. The van der Waals surface area contributed by atoms with E-state index in [1.165, 1.54) is 11.0 Å². The lowest BCUT2D eigenvalue weighted by Crippen LogP contribution is -2.36. The third kappa shape index (κ3) is 2.30. The Morgan fingerprint density at radius 3 is 2.88 bits per heavy atom. The summed E-state index contributed by atoms with van der Waals surface area (Å²) in [5.74, 6) is -0.111. The van der Waals surface area contributed by atoms with E-state index in [1.54, 1.807) is 4.90 Å². The van der Waals surface area contributed by atoms with Gasteiger partial charge >= 0.3 is 6.03 Å². The third-order valence-corrected chi connectivity index (χ3v) is 3.15. The molecule has 6 heteroatoms. The van der Waals surface area contributed by atoms with Crippen LogP contribution >= 0.6 is 0 Å². The smallest absolute Gasteiger partial charge is 0.324 e. The molecule has 2 heterocycles. The highest BCUT2D eigenvalue weighted by molar-refractivity contribution is 6.01. The molecule has 1 N–H and O–H groups in total. The van der Waals surface area contributed by atoms with E-state index in [4.69, 9.17) is 0 Å². The number of nitrogens with one attached hydrogen (secondary N) is 1. The number of hydrogen-bond acceptors (Lipinski definition) is 3. The average Bonchev–Trinajstić information content (AvgIpc) is 2.90. The summed E-state index contributed by atoms with van der Waals surface area (Å²) in [5.41, 5.74) is 0. The van der Waals surface area contributed by atoms with Gasteiger partial charge in [0.15, 0.2) is 0 Å². The molecule has 0 aromatic heterocycles. The standard InChI is InChI=1S/C11H15N3O3/c1-2-9(15)13-4-3-8(6-13)7-14-10(16)5-12-11(14)17/h2,8H,1,3-7H2,(H,12,17)/t8-/m0/s1. The molecule has 92 valence electrons. The highest BCUT2D eigenvalue weighted by atomic mass is 16.2. The summed E-state index contributed by atoms with van der Waals surface area (Å²) in [6, 6.07) is -0.330. The maximum Gasteiger partial charge on any atom is 0.324 e. The fraction of sp³-hybridized carbons (Fsp3) is 0.545. The van der Waals surface area contributed by atoms with Gasteiger partial charge in [-0.15, -0.1) is 0 Å². The summed E-state index contributed by atoms with van der Waals surface area (Å²) in [6.07, 6.45) is 2.10. The zero-order valence-electron chi connectivity index (χ0n) is 9.52. The Morgan fingerprint density at radius 1 is 1.53 bits per heavy atom. The zero-order chi connectivity index (χ0) is 12.4. The molecule has 0 saturated carbocycles. The molecule has 2 aliphatic heterocycles. The van der Waals surface area contributed by atoms with Crippen LogP contribution in [0.4, 0.5) is 4.79 Å². The molecule has 0 aromatic rings. The van der Waals surface area contributed by atoms with Crippen LogP contribution in [0.3, 0.4) is 0 Å². The van der Waals surface area contributed by atoms with Crippen molar-refractivity contribution < 1.29 is 14.4 Å². The molecule has 6 nitrogen and oxygen atoms in total. The van der Waals surface area contributed by atoms with Crippen molar-refractivity contribution in [3.8, 4) is 0 Å². The van der Waals surface area contributed by atoms with Gasteiger partial charge in [0, 0.05) is 19.6 Å². The average molecular weight is 237 g/mol. The number of carbonyl (C=O) groups is 3. The molecule has 0 radical (unpaired) electrons. The van der Waals surface area contributed by atoms with Gasteiger partial charge in [0.05, 0.1) is 6.54 Å². The fourth-order valence-corrected chi connectivity index (χ4v) is 2.21. The SMILES string of the molecule is C=CC(=O)N1CC[C@H](CN2C(=O)CNC2=O)C1. The van der Waals surface area contributed by atoms with Crippen molar-refractivity contribution in [3.05, 3.63) is 12.7 Å². The quantitative estimate of drug-likeness (QED) is 0.535. The predicted octanol–water partition coefficient (Wildman–Crippen LogP) is -0.427. The van der Waals surface area contributed by atoms with Crippen LogP contribution < -0.4 is 5.32 Å². The highest BCUT2D eigenvalue weighted by Crippen LogP contribution is 2.18. The Hall–Kier alpha value is -1.85. The molecule has 0 spiro atoms. The summed E-state index contributed by atoms with van der Waals surface area (Å²) in [4.78, 5) is 37.0. The number of amides is 4. The van der Waals surface area contributed by atoms with Crippen LogP contribution in [0.5, 0.6) is 0 Å². The van der Waals surface area contributed by atoms with Gasteiger partial charge in [-0.25, -0.2) is 4.79 Å². The van der Waals surface area contributed by atoms with Crippen molar-refractivity contribution in [2.45, 2.75) is 6.42 Å². The van der Waals surface area contributed by atoms with E-state index >= 15 is 0 Å². The van der Waals surface area contributed by atoms with Crippen molar-refractivity contribution in [3.63, 3.8) is 0 Å². The van der Waals surface area contributed by atoms with Crippen LogP contribution in [0.15, 0.2) is 12.7 Å². The first-order chi connectivity index (χ1) is 8.11. The Bertz CT molecular complexity index is 364. The first-order valence-corrected chi connectivity index (χ1v) is 5.61. The van der Waals surface area contributed by atoms with Crippen molar-refractivity contribution in [1.29, 1.82) is 0 Å². The van der Waals surface area contributed by atoms with Crippen LogP contribution in [0.1, 0.15) is 6.42 Å². The minimum absolute atomic E-state index is 0.0842. The van der Waals surface area contributed by atoms with Crippen molar-refractivity contribution in [2.24, 2.45) is 5.92 Å². The lowest BCUT2D eigenvalue weighted by Gasteiger charge is -2.18. The molecule has 0 aromatic carbocycles. The molecule has 2 rings (SSSR count). The second kappa shape index (κ2) is 4.57. The summed E-state index contributed by atoms with van der Waals surface area (Å²) >= 11 is 0. The number of nitrogens with zero attached hydrogens (tertiary/aromatic N) is 2. The number of imide groups is 1. The number of rotatable bonds is 3. The minimum Gasteiger partial charge on any atom is -0.339 e. The van der Waals surface area contributed by atoms with E-state index in [0.717, 1.165) is 6.42 Å². The van der Waals surface area contributed by atoms with Gasteiger partial charge < -0.3 is 10.2 Å². The van der Waals surface area contributed by atoms with Gasteiger partial charge in [-0.3, -0.25) is 14.5 Å². The number of carbonyl (C=O) groups excluding carboxylic acids is 3. The van der Waals surface area contributed by atoms with E-state index in [0.29, 0.717) is 19.6 Å². The molecule has 2 aliphatic rings. The van der Waals surface area contributed by atoms with E-state index in [9.17, 15) is 14.4 Å². The van der Waals surface area contributed by atoms with Crippen molar-refractivity contribution in [2.75, 3.05) is 26.2 Å². The van der Waals surface area contributed by atoms with E-state index in [2.05, 4.69) is 11.9 Å². The summed E-state index contributed by atoms with van der Waals surface area (Å²) in [5, 5.41) is 2.48. The predicted molar refractivity (Wildman–Crippen MR) is 60.0 cm³/mol. The first kappa shape index (κ1) is 11.6. The molecular weight excluding hydrogens is 222 g/mol. The van der Waals surface area contributed by atoms with E-state index < -0.39 is 0 Å². The molecule has 0 unspecified atom stereocenters. The molecule has 1 atom stereocenters.